The van der Waals surface area contributed by atoms with Crippen LogP contribution in [0.5, 0.6) is 0 Å². The average molecular weight is 240 g/mol. The molecule has 1 saturated heterocycles. The summed E-state index contributed by atoms with van der Waals surface area (Å²) < 4.78 is 31.8. The van der Waals surface area contributed by atoms with Gasteiger partial charge in [-0.15, -0.1) is 0 Å². The molecule has 1 aliphatic heterocycles. The van der Waals surface area contributed by atoms with Gasteiger partial charge >= 0.3 is 7.60 Å². The Balaban J connectivity index is 2.68. The molecule has 3 atom stereocenters. The van der Waals surface area contributed by atoms with E-state index in [1.54, 1.807) is 0 Å². The first kappa shape index (κ1) is 13.1. The zero-order chi connectivity index (χ0) is 11.5. The van der Waals surface area contributed by atoms with Crippen molar-refractivity contribution >= 4 is 7.60 Å². The highest BCUT2D eigenvalue weighted by Crippen LogP contribution is 2.54. The summed E-state index contributed by atoms with van der Waals surface area (Å²) in [5, 5.41) is 9.78. The van der Waals surface area contributed by atoms with Gasteiger partial charge < -0.3 is 23.6 Å². The molecule has 1 unspecified atom stereocenters. The molecule has 1 N–H and O–H groups in total. The molecule has 0 amide bonds. The molecule has 0 aromatic carbocycles. The largest absolute Gasteiger partial charge is 0.392 e. The second-order valence-corrected chi connectivity index (χ2v) is 5.75. The molecule has 7 heteroatoms. The second-order valence-electron chi connectivity index (χ2n) is 3.27. The minimum atomic E-state index is -3.28. The number of aliphatic hydroxyl groups excluding tert-OH is 1. The molecule has 0 aromatic heterocycles. The molecule has 1 heterocycles. The van der Waals surface area contributed by atoms with Gasteiger partial charge in [0.25, 0.3) is 0 Å². The van der Waals surface area contributed by atoms with Crippen molar-refractivity contribution in [1.29, 1.82) is 0 Å². The van der Waals surface area contributed by atoms with Crippen LogP contribution in [-0.2, 0) is 23.1 Å². The lowest BCUT2D eigenvalue weighted by Gasteiger charge is -2.34. The Morgan fingerprint density at radius 3 is 2.33 bits per heavy atom. The maximum Gasteiger partial charge on any atom is 0.338 e. The quantitative estimate of drug-likeness (QED) is 0.725. The zero-order valence-electron chi connectivity index (χ0n) is 9.08. The van der Waals surface area contributed by atoms with Crippen LogP contribution in [0.15, 0.2) is 0 Å². The molecule has 1 fully saturated rings. The minimum Gasteiger partial charge on any atom is -0.392 e. The van der Waals surface area contributed by atoms with Gasteiger partial charge in [0.05, 0.1) is 12.7 Å². The Kier molecular flexibility index (Phi) is 4.70. The third-order valence-electron chi connectivity index (χ3n) is 2.51. The summed E-state index contributed by atoms with van der Waals surface area (Å²) in [6.07, 6.45) is -1.01. The highest BCUT2D eigenvalue weighted by molar-refractivity contribution is 7.54. The Bertz CT molecular complexity index is 237. The van der Waals surface area contributed by atoms with E-state index in [0.29, 0.717) is 0 Å². The maximum atomic E-state index is 12.0. The molecule has 15 heavy (non-hydrogen) atoms. The Morgan fingerprint density at radius 1 is 1.33 bits per heavy atom. The predicted molar refractivity (Wildman–Crippen MR) is 52.8 cm³/mol. The Hall–Kier alpha value is 0.0300. The number of hydrogen-bond donors (Lipinski definition) is 1. The monoisotopic (exact) mass is 240 g/mol. The zero-order valence-corrected chi connectivity index (χ0v) is 9.98. The van der Waals surface area contributed by atoms with E-state index in [1.165, 1.54) is 21.3 Å². The van der Waals surface area contributed by atoms with Crippen molar-refractivity contribution in [3.8, 4) is 0 Å². The summed E-state index contributed by atoms with van der Waals surface area (Å²) in [6.45, 7) is 0.0959. The van der Waals surface area contributed by atoms with Crippen molar-refractivity contribution in [1.82, 2.24) is 0 Å². The Morgan fingerprint density at radius 2 is 1.93 bits per heavy atom. The van der Waals surface area contributed by atoms with Gasteiger partial charge in [-0.1, -0.05) is 0 Å². The van der Waals surface area contributed by atoms with Crippen LogP contribution in [0.4, 0.5) is 0 Å². The number of methoxy groups -OCH3 is 1. The SMILES string of the molecule is COC1C[C@H](O)[C@H](P(=O)(OC)OC)CO1. The molecule has 0 bridgehead atoms. The molecule has 6 nitrogen and oxygen atoms in total. The lowest BCUT2D eigenvalue weighted by atomic mass is 10.1. The first-order valence-corrected chi connectivity index (χ1v) is 6.22. The number of rotatable bonds is 4. The Labute approximate surface area is 89.0 Å². The van der Waals surface area contributed by atoms with Gasteiger partial charge in [0.1, 0.15) is 5.66 Å². The molecule has 0 aromatic rings. The number of aliphatic hydroxyl groups is 1. The fourth-order valence-corrected chi connectivity index (χ4v) is 3.05. The molecular weight excluding hydrogens is 223 g/mol. The van der Waals surface area contributed by atoms with Crippen LogP contribution in [0.2, 0.25) is 0 Å². The minimum absolute atomic E-state index is 0.0959. The van der Waals surface area contributed by atoms with Gasteiger partial charge in [-0.05, 0) is 0 Å². The van der Waals surface area contributed by atoms with Crippen molar-refractivity contribution < 1.29 is 28.2 Å². The fraction of sp³-hybridized carbons (Fsp3) is 1.00. The van der Waals surface area contributed by atoms with Gasteiger partial charge in [0.2, 0.25) is 0 Å². The molecule has 1 rings (SSSR count). The maximum absolute atomic E-state index is 12.0. The molecule has 90 valence electrons. The summed E-state index contributed by atoms with van der Waals surface area (Å²) in [6, 6.07) is 0. The van der Waals surface area contributed by atoms with Crippen LogP contribution >= 0.6 is 7.60 Å². The van der Waals surface area contributed by atoms with E-state index < -0.39 is 25.6 Å². The van der Waals surface area contributed by atoms with Crippen molar-refractivity contribution in [2.45, 2.75) is 24.5 Å². The van der Waals surface area contributed by atoms with E-state index in [2.05, 4.69) is 0 Å². The summed E-state index contributed by atoms with van der Waals surface area (Å²) in [5.41, 5.74) is -0.654. The van der Waals surface area contributed by atoms with Gasteiger partial charge in [-0.2, -0.15) is 0 Å². The van der Waals surface area contributed by atoms with Gasteiger partial charge in [0, 0.05) is 27.8 Å². The third kappa shape index (κ3) is 2.78. The van der Waals surface area contributed by atoms with Crippen molar-refractivity contribution in [3.05, 3.63) is 0 Å². The van der Waals surface area contributed by atoms with Gasteiger partial charge in [-0.3, -0.25) is 4.57 Å². The van der Waals surface area contributed by atoms with E-state index in [4.69, 9.17) is 18.5 Å². The van der Waals surface area contributed by atoms with E-state index in [9.17, 15) is 9.67 Å². The van der Waals surface area contributed by atoms with Crippen LogP contribution in [-0.4, -0.2) is 51.1 Å². The molecule has 0 aliphatic carbocycles. The fourth-order valence-electron chi connectivity index (χ4n) is 1.55. The first-order chi connectivity index (χ1) is 7.07. The summed E-state index contributed by atoms with van der Waals surface area (Å²) in [7, 11) is 0.792. The number of ether oxygens (including phenoxy) is 2. The van der Waals surface area contributed by atoms with Crippen molar-refractivity contribution in [3.63, 3.8) is 0 Å². The topological polar surface area (TPSA) is 74.2 Å². The van der Waals surface area contributed by atoms with Gasteiger partial charge in [0.15, 0.2) is 6.29 Å². The van der Waals surface area contributed by atoms with Crippen LogP contribution in [0.3, 0.4) is 0 Å². The summed E-state index contributed by atoms with van der Waals surface area (Å²) >= 11 is 0. The van der Waals surface area contributed by atoms with Crippen molar-refractivity contribution in [2.75, 3.05) is 27.9 Å². The van der Waals surface area contributed by atoms with Crippen LogP contribution in [0.25, 0.3) is 0 Å². The van der Waals surface area contributed by atoms with E-state index >= 15 is 0 Å². The smallest absolute Gasteiger partial charge is 0.338 e. The highest BCUT2D eigenvalue weighted by atomic mass is 31.2. The van der Waals surface area contributed by atoms with Crippen LogP contribution in [0, 0.1) is 0 Å². The molecular formula is C8H17O6P. The lowest BCUT2D eigenvalue weighted by Crippen LogP contribution is -2.42. The number of hydrogen-bond acceptors (Lipinski definition) is 6. The highest BCUT2D eigenvalue weighted by Gasteiger charge is 2.43. The average Bonchev–Trinajstić information content (AvgIpc) is 2.27. The molecule has 0 saturated carbocycles. The third-order valence-corrected chi connectivity index (χ3v) is 4.83. The van der Waals surface area contributed by atoms with Crippen LogP contribution in [0.1, 0.15) is 6.42 Å². The van der Waals surface area contributed by atoms with Gasteiger partial charge in [-0.25, -0.2) is 0 Å². The van der Waals surface area contributed by atoms with Crippen molar-refractivity contribution in [2.24, 2.45) is 0 Å². The summed E-state index contributed by atoms with van der Waals surface area (Å²) in [4.78, 5) is 0. The molecule has 1 aliphatic rings. The second kappa shape index (κ2) is 5.39. The standard InChI is InChI=1S/C8H17O6P/c1-11-8-4-6(9)7(5-14-8)15(10,12-2)13-3/h6-9H,4-5H2,1-3H3/t6-,7+,8?/m0/s1. The van der Waals surface area contributed by atoms with E-state index in [1.807, 2.05) is 0 Å². The lowest BCUT2D eigenvalue weighted by molar-refractivity contribution is -0.170. The predicted octanol–water partition coefficient (Wildman–Crippen LogP) is 0.595. The van der Waals surface area contributed by atoms with E-state index in [-0.39, 0.29) is 13.0 Å². The molecule has 0 radical (unpaired) electrons. The normalized spacial score (nSPS) is 32.9. The van der Waals surface area contributed by atoms with E-state index in [0.717, 1.165) is 0 Å². The summed E-state index contributed by atoms with van der Waals surface area (Å²) in [5.74, 6) is 0. The molecule has 0 spiro atoms. The first-order valence-electron chi connectivity index (χ1n) is 4.61. The van der Waals surface area contributed by atoms with Crippen LogP contribution < -0.4 is 0 Å².